The second-order valence-electron chi connectivity index (χ2n) is 3.68. The Labute approximate surface area is 94.0 Å². The number of hydrogen-bond acceptors (Lipinski definition) is 3. The van der Waals surface area contributed by atoms with E-state index in [9.17, 15) is 9.59 Å². The summed E-state index contributed by atoms with van der Waals surface area (Å²) in [5.74, 6) is 0.192. The molecule has 1 aliphatic heterocycles. The van der Waals surface area contributed by atoms with E-state index in [-0.39, 0.29) is 5.91 Å². The van der Waals surface area contributed by atoms with Crippen molar-refractivity contribution < 1.29 is 14.7 Å². The maximum atomic E-state index is 11.4. The lowest BCUT2D eigenvalue weighted by Gasteiger charge is -2.21. The third-order valence-electron chi connectivity index (χ3n) is 2.61. The molecular formula is C10H17NO3S. The summed E-state index contributed by atoms with van der Waals surface area (Å²) in [4.78, 5) is 23.8. The molecule has 5 heteroatoms. The maximum Gasteiger partial charge on any atom is 0.326 e. The number of nitrogens with zero attached hydrogens (tertiary/aromatic N) is 1. The molecular weight excluding hydrogens is 214 g/mol. The summed E-state index contributed by atoms with van der Waals surface area (Å²) >= 11 is 1.77. The van der Waals surface area contributed by atoms with Crippen molar-refractivity contribution in [3.8, 4) is 0 Å². The smallest absolute Gasteiger partial charge is 0.326 e. The van der Waals surface area contributed by atoms with Crippen molar-refractivity contribution in [1.82, 2.24) is 4.90 Å². The SMILES string of the molecule is CSCCCCN1C(=O)CCC1C(=O)O. The number of likely N-dealkylation sites (tertiary alicyclic amines) is 1. The summed E-state index contributed by atoms with van der Waals surface area (Å²) in [6.07, 6.45) is 4.84. The quantitative estimate of drug-likeness (QED) is 0.698. The molecule has 0 bridgehead atoms. The number of rotatable bonds is 6. The minimum Gasteiger partial charge on any atom is -0.480 e. The van der Waals surface area contributed by atoms with Gasteiger partial charge in [-0.2, -0.15) is 11.8 Å². The maximum absolute atomic E-state index is 11.4. The van der Waals surface area contributed by atoms with Crippen LogP contribution in [0.15, 0.2) is 0 Å². The Morgan fingerprint density at radius 1 is 1.60 bits per heavy atom. The van der Waals surface area contributed by atoms with Crippen LogP contribution in [0.1, 0.15) is 25.7 Å². The van der Waals surface area contributed by atoms with E-state index in [1.807, 2.05) is 6.26 Å². The lowest BCUT2D eigenvalue weighted by molar-refractivity contribution is -0.146. The van der Waals surface area contributed by atoms with Crippen LogP contribution in [0, 0.1) is 0 Å². The minimum absolute atomic E-state index is 0.00782. The van der Waals surface area contributed by atoms with E-state index in [2.05, 4.69) is 0 Å². The van der Waals surface area contributed by atoms with Gasteiger partial charge in [0.1, 0.15) is 6.04 Å². The Morgan fingerprint density at radius 2 is 2.33 bits per heavy atom. The molecule has 86 valence electrons. The van der Waals surface area contributed by atoms with E-state index in [4.69, 9.17) is 5.11 Å². The van der Waals surface area contributed by atoms with Gasteiger partial charge >= 0.3 is 5.97 Å². The van der Waals surface area contributed by atoms with Crippen molar-refractivity contribution in [2.75, 3.05) is 18.6 Å². The lowest BCUT2D eigenvalue weighted by Crippen LogP contribution is -2.39. The van der Waals surface area contributed by atoms with Crippen LogP contribution in [0.25, 0.3) is 0 Å². The van der Waals surface area contributed by atoms with Crippen molar-refractivity contribution >= 4 is 23.6 Å². The molecule has 0 aliphatic carbocycles. The second kappa shape index (κ2) is 6.00. The summed E-state index contributed by atoms with van der Waals surface area (Å²) in [5.41, 5.74) is 0. The number of carbonyl (C=O) groups excluding carboxylic acids is 1. The molecule has 1 N–H and O–H groups in total. The largest absolute Gasteiger partial charge is 0.480 e. The molecule has 4 nitrogen and oxygen atoms in total. The van der Waals surface area contributed by atoms with Crippen LogP contribution in [0.5, 0.6) is 0 Å². The minimum atomic E-state index is -0.870. The van der Waals surface area contributed by atoms with E-state index in [1.165, 1.54) is 4.90 Å². The van der Waals surface area contributed by atoms with Gasteiger partial charge in [0.15, 0.2) is 0 Å². The number of aliphatic carboxylic acids is 1. The van der Waals surface area contributed by atoms with E-state index in [1.54, 1.807) is 11.8 Å². The van der Waals surface area contributed by atoms with Crippen LogP contribution in [0.2, 0.25) is 0 Å². The summed E-state index contributed by atoms with van der Waals surface area (Å²) in [5, 5.41) is 8.91. The molecule has 0 aromatic carbocycles. The van der Waals surface area contributed by atoms with Gasteiger partial charge in [0.25, 0.3) is 0 Å². The Bertz CT molecular complexity index is 245. The van der Waals surface area contributed by atoms with Crippen LogP contribution in [-0.2, 0) is 9.59 Å². The summed E-state index contributed by atoms with van der Waals surface area (Å²) in [6.45, 7) is 0.594. The Balaban J connectivity index is 2.36. The van der Waals surface area contributed by atoms with Crippen LogP contribution >= 0.6 is 11.8 Å². The molecule has 0 aromatic heterocycles. The van der Waals surface area contributed by atoms with Crippen molar-refractivity contribution in [1.29, 1.82) is 0 Å². The highest BCUT2D eigenvalue weighted by molar-refractivity contribution is 7.98. The van der Waals surface area contributed by atoms with E-state index in [0.29, 0.717) is 19.4 Å². The summed E-state index contributed by atoms with van der Waals surface area (Å²) < 4.78 is 0. The molecule has 1 atom stereocenters. The van der Waals surface area contributed by atoms with Gasteiger partial charge in [-0.15, -0.1) is 0 Å². The zero-order valence-corrected chi connectivity index (χ0v) is 9.76. The number of amides is 1. The van der Waals surface area contributed by atoms with Gasteiger partial charge in [-0.3, -0.25) is 4.79 Å². The molecule has 0 saturated carbocycles. The molecule has 1 amide bonds. The van der Waals surface area contributed by atoms with Gasteiger partial charge in [0.05, 0.1) is 0 Å². The van der Waals surface area contributed by atoms with E-state index >= 15 is 0 Å². The third-order valence-corrected chi connectivity index (χ3v) is 3.31. The Hall–Kier alpha value is -0.710. The number of carboxylic acids is 1. The fourth-order valence-corrected chi connectivity index (χ4v) is 2.29. The summed E-state index contributed by atoms with van der Waals surface area (Å²) in [7, 11) is 0. The molecule has 0 aromatic rings. The summed E-state index contributed by atoms with van der Waals surface area (Å²) in [6, 6.07) is -0.577. The zero-order chi connectivity index (χ0) is 11.3. The van der Waals surface area contributed by atoms with Crippen molar-refractivity contribution in [3.05, 3.63) is 0 Å². The van der Waals surface area contributed by atoms with Crippen LogP contribution in [0.3, 0.4) is 0 Å². The lowest BCUT2D eigenvalue weighted by atomic mass is 10.2. The molecule has 1 fully saturated rings. The van der Waals surface area contributed by atoms with Gasteiger partial charge in [-0.25, -0.2) is 4.79 Å². The van der Waals surface area contributed by atoms with Gasteiger partial charge in [-0.05, 0) is 31.3 Å². The monoisotopic (exact) mass is 231 g/mol. The van der Waals surface area contributed by atoms with Crippen LogP contribution in [-0.4, -0.2) is 46.5 Å². The molecule has 15 heavy (non-hydrogen) atoms. The van der Waals surface area contributed by atoms with Gasteiger partial charge in [-0.1, -0.05) is 0 Å². The molecule has 1 saturated heterocycles. The average molecular weight is 231 g/mol. The number of unbranched alkanes of at least 4 members (excludes halogenated alkanes) is 1. The van der Waals surface area contributed by atoms with Gasteiger partial charge in [0, 0.05) is 13.0 Å². The van der Waals surface area contributed by atoms with E-state index in [0.717, 1.165) is 18.6 Å². The fraction of sp³-hybridized carbons (Fsp3) is 0.800. The second-order valence-corrected chi connectivity index (χ2v) is 4.67. The molecule has 1 unspecified atom stereocenters. The number of thioether (sulfide) groups is 1. The van der Waals surface area contributed by atoms with Gasteiger partial charge in [0.2, 0.25) is 5.91 Å². The average Bonchev–Trinajstić information content (AvgIpc) is 2.55. The Kier molecular flexibility index (Phi) is 4.94. The molecule has 1 heterocycles. The zero-order valence-electron chi connectivity index (χ0n) is 8.94. The molecule has 0 spiro atoms. The first kappa shape index (κ1) is 12.4. The highest BCUT2D eigenvalue weighted by Crippen LogP contribution is 2.19. The number of carboxylic acid groups (broad SMARTS) is 1. The first-order valence-electron chi connectivity index (χ1n) is 5.18. The van der Waals surface area contributed by atoms with Gasteiger partial charge < -0.3 is 10.0 Å². The van der Waals surface area contributed by atoms with Crippen molar-refractivity contribution in [2.45, 2.75) is 31.7 Å². The topological polar surface area (TPSA) is 57.6 Å². The molecule has 1 rings (SSSR count). The predicted molar refractivity (Wildman–Crippen MR) is 60.0 cm³/mol. The Morgan fingerprint density at radius 3 is 2.93 bits per heavy atom. The normalized spacial score (nSPS) is 21.0. The number of hydrogen-bond donors (Lipinski definition) is 1. The first-order valence-corrected chi connectivity index (χ1v) is 6.57. The highest BCUT2D eigenvalue weighted by Gasteiger charge is 2.35. The van der Waals surface area contributed by atoms with Crippen molar-refractivity contribution in [3.63, 3.8) is 0 Å². The standard InChI is InChI=1S/C10H17NO3S/c1-15-7-3-2-6-11-8(10(13)14)4-5-9(11)12/h8H,2-7H2,1H3,(H,13,14). The predicted octanol–water partition coefficient (Wildman–Crippen LogP) is 1.21. The first-order chi connectivity index (χ1) is 7.16. The molecule has 1 aliphatic rings. The number of carbonyl (C=O) groups is 2. The fourth-order valence-electron chi connectivity index (χ4n) is 1.80. The van der Waals surface area contributed by atoms with Crippen molar-refractivity contribution in [2.24, 2.45) is 0 Å². The van der Waals surface area contributed by atoms with Crippen LogP contribution < -0.4 is 0 Å². The highest BCUT2D eigenvalue weighted by atomic mass is 32.2. The molecule has 0 radical (unpaired) electrons. The third kappa shape index (κ3) is 3.41. The van der Waals surface area contributed by atoms with Crippen LogP contribution in [0.4, 0.5) is 0 Å². The van der Waals surface area contributed by atoms with E-state index < -0.39 is 12.0 Å².